The van der Waals surface area contributed by atoms with Gasteiger partial charge in [-0.1, -0.05) is 152 Å². The van der Waals surface area contributed by atoms with E-state index < -0.39 is 12.1 Å². The quantitative estimate of drug-likeness (QED) is 0.0550. The summed E-state index contributed by atoms with van der Waals surface area (Å²) in [4.78, 5) is 74.4. The third kappa shape index (κ3) is 144. The predicted octanol–water partition coefficient (Wildman–Crippen LogP) is 10.4. The molecule has 0 heterocycles. The van der Waals surface area contributed by atoms with Gasteiger partial charge in [0.1, 0.15) is 5.78 Å². The van der Waals surface area contributed by atoms with Gasteiger partial charge in [0.25, 0.3) is 0 Å². The van der Waals surface area contributed by atoms with Gasteiger partial charge in [0.15, 0.2) is 0 Å². The molecule has 0 aliphatic rings. The Morgan fingerprint density at radius 2 is 0.833 bits per heavy atom. The van der Waals surface area contributed by atoms with E-state index in [4.69, 9.17) is 20.1 Å². The number of isocyanates is 1. The lowest BCUT2D eigenvalue weighted by Crippen LogP contribution is -2.30. The van der Waals surface area contributed by atoms with Gasteiger partial charge < -0.3 is 36.0 Å². The van der Waals surface area contributed by atoms with Crippen LogP contribution >= 0.6 is 18.5 Å². The van der Waals surface area contributed by atoms with Crippen molar-refractivity contribution in [3.8, 4) is 0 Å². The lowest BCUT2D eigenvalue weighted by atomic mass is 9.93. The van der Waals surface area contributed by atoms with Crippen LogP contribution in [-0.2, 0) is 33.5 Å². The minimum atomic E-state index is -0.954. The molecule has 66 heavy (non-hydrogen) atoms. The van der Waals surface area contributed by atoms with Crippen LogP contribution in [0.5, 0.6) is 0 Å². The fourth-order valence-electron chi connectivity index (χ4n) is 2.77. The number of carboxylic acids is 1. The van der Waals surface area contributed by atoms with Gasteiger partial charge >= 0.3 is 18.0 Å². The van der Waals surface area contributed by atoms with Crippen LogP contribution < -0.4 is 16.0 Å². The van der Waals surface area contributed by atoms with Gasteiger partial charge in [-0.2, -0.15) is 0 Å². The number of aliphatic hydroxyl groups is 1. The number of nitrogens with zero attached hydrogens (tertiary/aromatic N) is 1. The van der Waals surface area contributed by atoms with Crippen molar-refractivity contribution in [3.05, 3.63) is 0 Å². The van der Waals surface area contributed by atoms with Crippen LogP contribution in [0.15, 0.2) is 4.99 Å². The molecule has 0 aromatic heterocycles. The molecular weight excluding hydrogens is 883 g/mol. The summed E-state index contributed by atoms with van der Waals surface area (Å²) < 4.78 is 4.75. The van der Waals surface area contributed by atoms with Crippen LogP contribution in [0.1, 0.15) is 193 Å². The van der Waals surface area contributed by atoms with Gasteiger partial charge in [-0.05, 0) is 44.6 Å². The summed E-state index contributed by atoms with van der Waals surface area (Å²) in [6.45, 7) is 53.6. The number of carbonyl (C=O) groups excluding carboxylic acids is 5. The van der Waals surface area contributed by atoms with Crippen LogP contribution in [0.3, 0.4) is 0 Å². The Labute approximate surface area is 408 Å². The second kappa shape index (κ2) is 38.9. The Kier molecular flexibility index (Phi) is 47.2. The van der Waals surface area contributed by atoms with E-state index in [-0.39, 0.29) is 79.4 Å². The van der Waals surface area contributed by atoms with Crippen molar-refractivity contribution >= 4 is 60.2 Å². The van der Waals surface area contributed by atoms with Crippen LogP contribution in [0, 0.1) is 32.5 Å². The van der Waals surface area contributed by atoms with E-state index in [0.717, 1.165) is 13.1 Å². The minimum Gasteiger partial charge on any atom is -0.481 e. The highest BCUT2D eigenvalue weighted by atomic mass is 31.0. The monoisotopic (exact) mass is 987 g/mol. The number of esters is 1. The topological polar surface area (TPSA) is 238 Å². The average molecular weight is 987 g/mol. The number of nitrogens with one attached hydrogen (secondary N) is 3. The summed E-state index contributed by atoms with van der Waals surface area (Å²) in [5.74, 6) is -0.595. The lowest BCUT2D eigenvalue weighted by Gasteiger charge is -2.17. The smallest absolute Gasteiger partial charge is 0.404 e. The summed E-state index contributed by atoms with van der Waals surface area (Å²) in [6.07, 6.45) is 1.44. The number of ether oxygens (including phenoxy) is 1. The number of amides is 3. The molecule has 0 aliphatic carbocycles. The second-order valence-electron chi connectivity index (χ2n) is 24.6. The number of aliphatic imine (C=N–C) groups is 1. The van der Waals surface area contributed by atoms with Crippen molar-refractivity contribution in [2.75, 3.05) is 39.4 Å². The molecule has 0 aliphatic heterocycles. The standard InChI is InChI=1S/2C7H15NO.C6H13NO2.C6H11NO.C6H13O2P.C6H12O2.C6H13OP.C5H12O/c2*1-6(9)8-5-7(2,3)4;1-6(2,3)4-7-5(8)9;1-6(2,3)4-7-5-8;1-5(7)8-4-6(2,3)9;1-6(2,3)4-5(7)8;1-5(7)4-6(2,3)8;1-5(2,3)4-6/h2*5H2,1-4H3,(H,8,9);7H,4H2,1-3H3,(H,8,9);4H2,1-3H3;4,9H2,1-3H3;4H2,1-3H3,(H,7,8);4,8H2,1-3H3;6H,4H2,1-3H3. The van der Waals surface area contributed by atoms with Crippen LogP contribution in [0.4, 0.5) is 4.79 Å². The van der Waals surface area contributed by atoms with Gasteiger partial charge in [0.2, 0.25) is 17.9 Å². The Balaban J connectivity index is -0.0000000973. The highest BCUT2D eigenvalue weighted by Gasteiger charge is 2.15. The van der Waals surface area contributed by atoms with Crippen molar-refractivity contribution in [3.63, 3.8) is 0 Å². The van der Waals surface area contributed by atoms with E-state index in [9.17, 15) is 33.6 Å². The molecule has 2 atom stereocenters. The lowest BCUT2D eigenvalue weighted by molar-refractivity contribution is -0.141. The first-order valence-electron chi connectivity index (χ1n) is 22.1. The Morgan fingerprint density at radius 3 is 0.894 bits per heavy atom. The van der Waals surface area contributed by atoms with E-state index in [1.54, 1.807) is 6.92 Å². The van der Waals surface area contributed by atoms with E-state index in [2.05, 4.69) is 81.0 Å². The van der Waals surface area contributed by atoms with Gasteiger partial charge in [-0.15, -0.1) is 18.5 Å². The maximum absolute atomic E-state index is 10.4. The van der Waals surface area contributed by atoms with Gasteiger partial charge in [0, 0.05) is 58.6 Å². The first-order valence-corrected chi connectivity index (χ1v) is 23.3. The number of aliphatic carboxylic acids is 1. The predicted molar refractivity (Wildman–Crippen MR) is 282 cm³/mol. The minimum absolute atomic E-state index is 0.00562. The summed E-state index contributed by atoms with van der Waals surface area (Å²) in [6, 6.07) is 0. The summed E-state index contributed by atoms with van der Waals surface area (Å²) in [5, 5.41) is 32.7. The van der Waals surface area contributed by atoms with Crippen molar-refractivity contribution < 1.29 is 53.6 Å². The number of carbonyl (C=O) groups is 6. The number of Topliss-reactive ketones (excluding diaryl/α,β-unsaturated/α-hetero) is 1. The Hall–Kier alpha value is -2.98. The van der Waals surface area contributed by atoms with E-state index >= 15 is 0 Å². The SMILES string of the molecule is CC(=O)CC(C)(C)P.CC(=O)NCC(C)(C)C.CC(=O)NCC(C)(C)C.CC(=O)OCC(C)(C)P.CC(C)(C)CC(=O)O.CC(C)(C)CN=C=O.CC(C)(C)CNC(=O)O.CC(C)(C)CO. The molecule has 17 heteroatoms. The molecule has 0 saturated heterocycles. The molecule has 396 valence electrons. The molecule has 2 unspecified atom stereocenters. The highest BCUT2D eigenvalue weighted by molar-refractivity contribution is 7.19. The maximum atomic E-state index is 10.4. The fraction of sp³-hybridized carbons (Fsp3) is 0.857. The molecule has 0 spiro atoms. The van der Waals surface area contributed by atoms with Crippen molar-refractivity contribution in [2.45, 2.75) is 203 Å². The Bertz CT molecular complexity index is 1200. The van der Waals surface area contributed by atoms with Crippen LogP contribution in [0.2, 0.25) is 0 Å². The molecule has 0 saturated carbocycles. The number of hydrogen-bond donors (Lipinski definition) is 6. The summed E-state index contributed by atoms with van der Waals surface area (Å²) in [7, 11) is 5.24. The zero-order chi connectivity index (χ0) is 55.4. The first kappa shape index (κ1) is 80.1. The molecule has 0 fully saturated rings. The summed E-state index contributed by atoms with van der Waals surface area (Å²) >= 11 is 0. The molecule has 15 nitrogen and oxygen atoms in total. The van der Waals surface area contributed by atoms with Crippen LogP contribution in [-0.4, -0.2) is 107 Å². The second-order valence-corrected chi connectivity index (χ2v) is 27.7. The number of rotatable bonds is 9. The molecule has 0 aromatic carbocycles. The van der Waals surface area contributed by atoms with E-state index in [1.807, 2.05) is 111 Å². The largest absolute Gasteiger partial charge is 0.481 e. The molecule has 0 rings (SSSR count). The van der Waals surface area contributed by atoms with Crippen molar-refractivity contribution in [1.29, 1.82) is 0 Å². The van der Waals surface area contributed by atoms with Gasteiger partial charge in [-0.3, -0.25) is 24.0 Å². The summed E-state index contributed by atoms with van der Waals surface area (Å²) in [5.41, 5.74) is 0.582. The third-order valence-electron chi connectivity index (χ3n) is 5.63. The molecule has 3 amide bonds. The molecular formula is C49H104N4O11P2. The number of carboxylic acid groups (broad SMARTS) is 2. The number of ketones is 1. The average Bonchev–Trinajstić information content (AvgIpc) is 3.01. The molecule has 0 bridgehead atoms. The Morgan fingerprint density at radius 1 is 0.515 bits per heavy atom. The zero-order valence-corrected chi connectivity index (χ0v) is 49.2. The fourth-order valence-corrected chi connectivity index (χ4v) is 3.14. The van der Waals surface area contributed by atoms with Crippen molar-refractivity contribution in [2.24, 2.45) is 37.5 Å². The number of hydrogen-bond acceptors (Lipinski definition) is 10. The first-order chi connectivity index (χ1) is 28.6. The van der Waals surface area contributed by atoms with E-state index in [1.165, 1.54) is 26.9 Å². The normalized spacial score (nSPS) is 11.2. The zero-order valence-electron chi connectivity index (χ0n) is 46.9. The molecule has 0 aromatic rings. The number of aliphatic hydroxyl groups excluding tert-OH is 1. The molecule has 0 radical (unpaired) electrons. The van der Waals surface area contributed by atoms with Crippen LogP contribution in [0.25, 0.3) is 0 Å². The molecule has 6 N–H and O–H groups in total. The van der Waals surface area contributed by atoms with Crippen molar-refractivity contribution in [1.82, 2.24) is 16.0 Å². The maximum Gasteiger partial charge on any atom is 0.404 e. The third-order valence-corrected chi connectivity index (χ3v) is 6.00. The van der Waals surface area contributed by atoms with Gasteiger partial charge in [-0.25, -0.2) is 14.6 Å². The van der Waals surface area contributed by atoms with E-state index in [0.29, 0.717) is 26.1 Å². The highest BCUT2D eigenvalue weighted by Crippen LogP contribution is 2.20. The van der Waals surface area contributed by atoms with Gasteiger partial charge in [0.05, 0.1) is 19.6 Å².